The van der Waals surface area contributed by atoms with Crippen LogP contribution in [0.15, 0.2) is 23.4 Å². The first kappa shape index (κ1) is 15.2. The highest BCUT2D eigenvalue weighted by Gasteiger charge is 2.21. The fourth-order valence-corrected chi connectivity index (χ4v) is 3.89. The molecule has 0 aromatic carbocycles. The Bertz CT molecular complexity index is 675. The van der Waals surface area contributed by atoms with E-state index in [1.54, 1.807) is 13.1 Å². The van der Waals surface area contributed by atoms with Gasteiger partial charge in [0.1, 0.15) is 5.01 Å². The topological polar surface area (TPSA) is 101 Å². The van der Waals surface area contributed by atoms with E-state index in [0.29, 0.717) is 5.69 Å². The molecule has 0 fully saturated rings. The first-order valence-corrected chi connectivity index (χ1v) is 8.60. The van der Waals surface area contributed by atoms with Crippen LogP contribution >= 0.6 is 11.3 Å². The van der Waals surface area contributed by atoms with Crippen LogP contribution in [-0.4, -0.2) is 18.4 Å². The van der Waals surface area contributed by atoms with Crippen molar-refractivity contribution >= 4 is 21.4 Å². The van der Waals surface area contributed by atoms with Crippen molar-refractivity contribution in [2.45, 2.75) is 37.8 Å². The third-order valence-electron chi connectivity index (χ3n) is 2.87. The molecule has 0 radical (unpaired) electrons. The molecule has 1 unspecified atom stereocenters. The van der Waals surface area contributed by atoms with Gasteiger partial charge in [-0.25, -0.2) is 18.1 Å². The van der Waals surface area contributed by atoms with E-state index in [1.807, 2.05) is 6.92 Å². The molecule has 1 atom stereocenters. The smallest absolute Gasteiger partial charge is 0.242 e. The van der Waals surface area contributed by atoms with Crippen molar-refractivity contribution in [1.82, 2.24) is 14.7 Å². The van der Waals surface area contributed by atoms with Gasteiger partial charge in [-0.3, -0.25) is 0 Å². The minimum absolute atomic E-state index is 0.192. The van der Waals surface area contributed by atoms with Gasteiger partial charge in [0.15, 0.2) is 0 Å². The molecule has 0 aliphatic heterocycles. The lowest BCUT2D eigenvalue weighted by Crippen LogP contribution is -2.26. The second kappa shape index (κ2) is 6.04. The SMILES string of the molecule is CCc1cnc(C(C)NS(=O)(=O)c2c[nH]c(CN)c2)s1. The van der Waals surface area contributed by atoms with Crippen LogP contribution in [0.4, 0.5) is 0 Å². The molecule has 0 saturated carbocycles. The lowest BCUT2D eigenvalue weighted by Gasteiger charge is -2.10. The first-order valence-electron chi connectivity index (χ1n) is 6.30. The molecular weight excluding hydrogens is 296 g/mol. The molecule has 8 heteroatoms. The lowest BCUT2D eigenvalue weighted by atomic mass is 10.4. The minimum atomic E-state index is -3.56. The third kappa shape index (κ3) is 3.26. The predicted molar refractivity (Wildman–Crippen MR) is 78.9 cm³/mol. The summed E-state index contributed by atoms with van der Waals surface area (Å²) in [6.07, 6.45) is 4.12. The number of aromatic nitrogens is 2. The monoisotopic (exact) mass is 314 g/mol. The zero-order chi connectivity index (χ0) is 14.8. The zero-order valence-electron chi connectivity index (χ0n) is 11.4. The number of hydrogen-bond acceptors (Lipinski definition) is 5. The summed E-state index contributed by atoms with van der Waals surface area (Å²) < 4.78 is 27.1. The Kier molecular flexibility index (Phi) is 4.59. The van der Waals surface area contributed by atoms with E-state index in [2.05, 4.69) is 14.7 Å². The average molecular weight is 314 g/mol. The van der Waals surface area contributed by atoms with Gasteiger partial charge in [-0.2, -0.15) is 0 Å². The normalized spacial score (nSPS) is 13.6. The summed E-state index contributed by atoms with van der Waals surface area (Å²) >= 11 is 1.52. The first-order chi connectivity index (χ1) is 9.46. The summed E-state index contributed by atoms with van der Waals surface area (Å²) in [5.41, 5.74) is 6.14. The van der Waals surface area contributed by atoms with Crippen LogP contribution in [0.5, 0.6) is 0 Å². The summed E-state index contributed by atoms with van der Waals surface area (Å²) in [6.45, 7) is 4.10. The van der Waals surface area contributed by atoms with Crippen molar-refractivity contribution in [1.29, 1.82) is 0 Å². The van der Waals surface area contributed by atoms with E-state index >= 15 is 0 Å². The van der Waals surface area contributed by atoms with Crippen molar-refractivity contribution in [2.75, 3.05) is 0 Å². The van der Waals surface area contributed by atoms with Crippen LogP contribution in [0, 0.1) is 0 Å². The van der Waals surface area contributed by atoms with Gasteiger partial charge in [0.2, 0.25) is 10.0 Å². The molecule has 0 aliphatic rings. The Morgan fingerprint density at radius 1 is 1.55 bits per heavy atom. The molecule has 0 bridgehead atoms. The summed E-state index contributed by atoms with van der Waals surface area (Å²) in [4.78, 5) is 8.41. The highest BCUT2D eigenvalue weighted by atomic mass is 32.2. The lowest BCUT2D eigenvalue weighted by molar-refractivity contribution is 0.566. The van der Waals surface area contributed by atoms with Gasteiger partial charge in [-0.05, 0) is 19.4 Å². The predicted octanol–water partition coefficient (Wildman–Crippen LogP) is 1.53. The maximum Gasteiger partial charge on any atom is 0.242 e. The van der Waals surface area contributed by atoms with Crippen molar-refractivity contribution in [3.63, 3.8) is 0 Å². The zero-order valence-corrected chi connectivity index (χ0v) is 13.0. The summed E-state index contributed by atoms with van der Waals surface area (Å²) in [5, 5.41) is 0.764. The minimum Gasteiger partial charge on any atom is -0.363 e. The quantitative estimate of drug-likeness (QED) is 0.752. The number of thiazole rings is 1. The molecule has 6 nitrogen and oxygen atoms in total. The number of aromatic amines is 1. The molecule has 0 saturated heterocycles. The van der Waals surface area contributed by atoms with Gasteiger partial charge in [-0.1, -0.05) is 6.92 Å². The number of nitrogens with two attached hydrogens (primary N) is 1. The van der Waals surface area contributed by atoms with E-state index in [1.165, 1.54) is 23.6 Å². The Labute approximate surface area is 122 Å². The number of nitrogens with zero attached hydrogens (tertiary/aromatic N) is 1. The van der Waals surface area contributed by atoms with Gasteiger partial charge in [-0.15, -0.1) is 11.3 Å². The van der Waals surface area contributed by atoms with Gasteiger partial charge < -0.3 is 10.7 Å². The van der Waals surface area contributed by atoms with E-state index in [0.717, 1.165) is 16.3 Å². The molecule has 0 aliphatic carbocycles. The van der Waals surface area contributed by atoms with E-state index < -0.39 is 10.0 Å². The summed E-state index contributed by atoms with van der Waals surface area (Å²) in [5.74, 6) is 0. The van der Waals surface area contributed by atoms with Crippen molar-refractivity contribution in [3.05, 3.63) is 34.0 Å². The molecule has 20 heavy (non-hydrogen) atoms. The fraction of sp³-hybridized carbons (Fsp3) is 0.417. The highest BCUT2D eigenvalue weighted by Crippen LogP contribution is 2.22. The largest absolute Gasteiger partial charge is 0.363 e. The van der Waals surface area contributed by atoms with Crippen molar-refractivity contribution in [3.8, 4) is 0 Å². The molecule has 4 N–H and O–H groups in total. The number of sulfonamides is 1. The van der Waals surface area contributed by atoms with Gasteiger partial charge in [0.05, 0.1) is 10.9 Å². The van der Waals surface area contributed by atoms with Gasteiger partial charge >= 0.3 is 0 Å². The van der Waals surface area contributed by atoms with Crippen LogP contribution < -0.4 is 10.5 Å². The van der Waals surface area contributed by atoms with E-state index in [-0.39, 0.29) is 17.5 Å². The second-order valence-electron chi connectivity index (χ2n) is 4.43. The molecule has 0 spiro atoms. The molecule has 2 aromatic rings. The number of rotatable bonds is 6. The van der Waals surface area contributed by atoms with Crippen molar-refractivity contribution < 1.29 is 8.42 Å². The Hall–Kier alpha value is -1.22. The summed E-state index contributed by atoms with van der Waals surface area (Å²) in [7, 11) is -3.56. The second-order valence-corrected chi connectivity index (χ2v) is 7.29. The third-order valence-corrected chi connectivity index (χ3v) is 5.71. The Morgan fingerprint density at radius 2 is 2.30 bits per heavy atom. The number of aryl methyl sites for hydroxylation is 1. The molecule has 2 rings (SSSR count). The molecular formula is C12H18N4O2S2. The van der Waals surface area contributed by atoms with E-state index in [9.17, 15) is 8.42 Å². The molecule has 2 aromatic heterocycles. The van der Waals surface area contributed by atoms with Crippen LogP contribution in [0.25, 0.3) is 0 Å². The van der Waals surface area contributed by atoms with Gasteiger partial charge in [0.25, 0.3) is 0 Å². The maximum atomic E-state index is 12.2. The Balaban J connectivity index is 2.15. The van der Waals surface area contributed by atoms with Crippen LogP contribution in [0.2, 0.25) is 0 Å². The molecule has 2 heterocycles. The summed E-state index contributed by atoms with van der Waals surface area (Å²) in [6, 6.07) is 1.18. The van der Waals surface area contributed by atoms with Crippen LogP contribution in [0.1, 0.15) is 35.5 Å². The fourth-order valence-electron chi connectivity index (χ4n) is 1.73. The standard InChI is InChI=1S/C12H18N4O2S2/c1-3-10-6-15-12(19-10)8(2)16-20(17,18)11-4-9(5-13)14-7-11/h4,6-8,14,16H,3,5,13H2,1-2H3. The molecule has 110 valence electrons. The average Bonchev–Trinajstić information content (AvgIpc) is 3.07. The van der Waals surface area contributed by atoms with Crippen LogP contribution in [0.3, 0.4) is 0 Å². The highest BCUT2D eigenvalue weighted by molar-refractivity contribution is 7.89. The van der Waals surface area contributed by atoms with Crippen LogP contribution in [-0.2, 0) is 23.0 Å². The van der Waals surface area contributed by atoms with Crippen molar-refractivity contribution in [2.24, 2.45) is 5.73 Å². The number of nitrogens with one attached hydrogen (secondary N) is 2. The Morgan fingerprint density at radius 3 is 2.85 bits per heavy atom. The number of H-pyrrole nitrogens is 1. The van der Waals surface area contributed by atoms with E-state index in [4.69, 9.17) is 5.73 Å². The maximum absolute atomic E-state index is 12.2. The molecule has 0 amide bonds. The number of hydrogen-bond donors (Lipinski definition) is 3. The van der Waals surface area contributed by atoms with Gasteiger partial charge in [0, 0.05) is 29.5 Å².